The summed E-state index contributed by atoms with van der Waals surface area (Å²) in [4.78, 5) is 16.6. The van der Waals surface area contributed by atoms with Crippen LogP contribution in [0.2, 0.25) is 0 Å². The van der Waals surface area contributed by atoms with Crippen LogP contribution in [0.1, 0.15) is 0 Å². The molecule has 3 heterocycles. The van der Waals surface area contributed by atoms with Gasteiger partial charge in [-0.05, 0) is 40.5 Å². The Hall–Kier alpha value is -7.01. The van der Waals surface area contributed by atoms with Crippen molar-refractivity contribution >= 4 is 32.3 Å². The van der Waals surface area contributed by atoms with Crippen LogP contribution in [-0.2, 0) is 0 Å². The maximum Gasteiger partial charge on any atom is 0.160 e. The lowest BCUT2D eigenvalue weighted by Gasteiger charge is -2.12. The van der Waals surface area contributed by atoms with Gasteiger partial charge in [-0.2, -0.15) is 0 Å². The van der Waals surface area contributed by atoms with Gasteiger partial charge in [0, 0.05) is 43.5 Å². The molecule has 0 saturated carbocycles. The number of hydrogen-bond acceptors (Lipinski definition) is 4. The van der Waals surface area contributed by atoms with E-state index in [1.807, 2.05) is 47.7 Å². The van der Waals surface area contributed by atoms with Gasteiger partial charge in [0.1, 0.15) is 0 Å². The number of thiophene rings is 1. The largest absolute Gasteiger partial charge is 0.246 e. The fourth-order valence-corrected chi connectivity index (χ4v) is 8.76. The van der Waals surface area contributed by atoms with Crippen molar-refractivity contribution in [1.29, 1.82) is 0 Å². The average molecular weight is 720 g/mol. The van der Waals surface area contributed by atoms with Crippen molar-refractivity contribution in [2.75, 3.05) is 0 Å². The molecule has 0 spiro atoms. The van der Waals surface area contributed by atoms with Crippen molar-refractivity contribution in [3.63, 3.8) is 0 Å². The minimum atomic E-state index is 0.710. The molecule has 7 aromatic carbocycles. The van der Waals surface area contributed by atoms with E-state index >= 15 is 0 Å². The summed E-state index contributed by atoms with van der Waals surface area (Å²) in [6, 6.07) is 70.2. The van der Waals surface area contributed by atoms with Crippen molar-refractivity contribution in [1.82, 2.24) is 15.0 Å². The second-order valence-corrected chi connectivity index (χ2v) is 14.6. The van der Waals surface area contributed by atoms with Gasteiger partial charge in [-0.15, -0.1) is 11.3 Å². The van der Waals surface area contributed by atoms with Gasteiger partial charge in [-0.3, -0.25) is 0 Å². The first-order chi connectivity index (χ1) is 27.3. The smallest absolute Gasteiger partial charge is 0.160 e. The predicted molar refractivity (Wildman–Crippen MR) is 231 cm³/mol. The minimum Gasteiger partial charge on any atom is -0.246 e. The van der Waals surface area contributed by atoms with E-state index in [-0.39, 0.29) is 0 Å². The summed E-state index contributed by atoms with van der Waals surface area (Å²) >= 11 is 1.83. The van der Waals surface area contributed by atoms with E-state index in [9.17, 15) is 0 Å². The third-order valence-corrected chi connectivity index (χ3v) is 11.4. The van der Waals surface area contributed by atoms with E-state index in [4.69, 9.17) is 15.0 Å². The van der Waals surface area contributed by atoms with Crippen LogP contribution in [0.3, 0.4) is 0 Å². The Balaban J connectivity index is 1.14. The zero-order valence-corrected chi connectivity index (χ0v) is 30.6. The highest BCUT2D eigenvalue weighted by Crippen LogP contribution is 2.50. The molecule has 3 nitrogen and oxygen atoms in total. The van der Waals surface area contributed by atoms with Crippen molar-refractivity contribution < 1.29 is 0 Å². The quantitative estimate of drug-likeness (QED) is 0.165. The van der Waals surface area contributed by atoms with Crippen molar-refractivity contribution in [3.05, 3.63) is 200 Å². The van der Waals surface area contributed by atoms with Crippen LogP contribution in [0.15, 0.2) is 200 Å². The third-order valence-electron chi connectivity index (χ3n) is 10.1. The van der Waals surface area contributed by atoms with E-state index in [0.29, 0.717) is 5.82 Å². The summed E-state index contributed by atoms with van der Waals surface area (Å²) < 4.78 is 1.19. The molecule has 0 radical (unpaired) electrons. The molecule has 0 N–H and O–H groups in total. The number of pyridine rings is 1. The van der Waals surface area contributed by atoms with Crippen LogP contribution < -0.4 is 0 Å². The average Bonchev–Trinajstić information content (AvgIpc) is 3.69. The summed E-state index contributed by atoms with van der Waals surface area (Å²) in [7, 11) is 0. The van der Waals surface area contributed by atoms with Crippen LogP contribution in [0.25, 0.3) is 98.8 Å². The van der Waals surface area contributed by atoms with Crippen molar-refractivity contribution in [2.45, 2.75) is 0 Å². The first-order valence-corrected chi connectivity index (χ1v) is 19.3. The molecule has 0 fully saturated rings. The lowest BCUT2D eigenvalue weighted by Crippen LogP contribution is -1.95. The molecule has 0 saturated heterocycles. The van der Waals surface area contributed by atoms with E-state index in [2.05, 4.69) is 164 Å². The Kier molecular flexibility index (Phi) is 8.36. The highest BCUT2D eigenvalue weighted by atomic mass is 32.1. The van der Waals surface area contributed by atoms with E-state index in [0.717, 1.165) is 61.4 Å². The summed E-state index contributed by atoms with van der Waals surface area (Å²) in [5.41, 5.74) is 13.9. The van der Waals surface area contributed by atoms with Gasteiger partial charge in [-0.1, -0.05) is 182 Å². The second-order valence-electron chi connectivity index (χ2n) is 13.6. The SMILES string of the molecule is c1ccc(-c2cc(-c3ccc(-c4ccc5nc(-c6ccccc6)c6sc(-c7ccccc7)c(-c7ccccc7)c6c5c4)cc3)nc(-c3ccccc3)n2)cc1. The first-order valence-electron chi connectivity index (χ1n) is 18.4. The minimum absolute atomic E-state index is 0.710. The van der Waals surface area contributed by atoms with Crippen LogP contribution >= 0.6 is 11.3 Å². The highest BCUT2D eigenvalue weighted by Gasteiger charge is 2.22. The summed E-state index contributed by atoms with van der Waals surface area (Å²) in [5.74, 6) is 0.710. The highest BCUT2D eigenvalue weighted by molar-refractivity contribution is 7.23. The van der Waals surface area contributed by atoms with Crippen molar-refractivity contribution in [3.8, 4) is 77.9 Å². The van der Waals surface area contributed by atoms with Gasteiger partial charge >= 0.3 is 0 Å². The molecule has 0 aliphatic carbocycles. The molecule has 0 unspecified atom stereocenters. The Morgan fingerprint density at radius 2 is 0.818 bits per heavy atom. The molecule has 0 aliphatic heterocycles. The van der Waals surface area contributed by atoms with Gasteiger partial charge in [-0.25, -0.2) is 15.0 Å². The molecule has 0 aliphatic rings. The standard InChI is InChI=1S/C51H33N3S/c1-6-16-35(17-7-1)44-33-45(54-51(53-44)40-24-14-5-15-25-40)36-28-26-34(27-29-36)41-30-31-43-42(32-41)47-46(37-18-8-2-9-19-37)49(39-22-12-4-13-23-39)55-50(47)48(52-43)38-20-10-3-11-21-38/h1-33H. The third kappa shape index (κ3) is 6.19. The molecule has 0 atom stereocenters. The Morgan fingerprint density at radius 3 is 1.42 bits per heavy atom. The Morgan fingerprint density at radius 1 is 0.345 bits per heavy atom. The molecule has 55 heavy (non-hydrogen) atoms. The van der Waals surface area contributed by atoms with Gasteiger partial charge in [0.25, 0.3) is 0 Å². The molecule has 4 heteroatoms. The normalized spacial score (nSPS) is 11.3. The van der Waals surface area contributed by atoms with E-state index in [1.54, 1.807) is 0 Å². The van der Waals surface area contributed by atoms with Crippen LogP contribution in [-0.4, -0.2) is 15.0 Å². The summed E-state index contributed by atoms with van der Waals surface area (Å²) in [6.45, 7) is 0. The van der Waals surface area contributed by atoms with Crippen LogP contribution in [0, 0.1) is 0 Å². The maximum absolute atomic E-state index is 5.37. The predicted octanol–water partition coefficient (Wildman–Crippen LogP) is 13.9. The topological polar surface area (TPSA) is 38.7 Å². The van der Waals surface area contributed by atoms with Crippen LogP contribution in [0.4, 0.5) is 0 Å². The van der Waals surface area contributed by atoms with Gasteiger partial charge in [0.05, 0.1) is 27.3 Å². The number of benzene rings is 7. The fourth-order valence-electron chi connectivity index (χ4n) is 7.41. The zero-order chi connectivity index (χ0) is 36.6. The van der Waals surface area contributed by atoms with Crippen molar-refractivity contribution in [2.24, 2.45) is 0 Å². The summed E-state index contributed by atoms with van der Waals surface area (Å²) in [5, 5.41) is 2.38. The number of nitrogens with zero attached hydrogens (tertiary/aromatic N) is 3. The van der Waals surface area contributed by atoms with Crippen LogP contribution in [0.5, 0.6) is 0 Å². The Labute approximate surface area is 323 Å². The van der Waals surface area contributed by atoms with Gasteiger partial charge in [0.2, 0.25) is 0 Å². The summed E-state index contributed by atoms with van der Waals surface area (Å²) in [6.07, 6.45) is 0. The molecule has 3 aromatic heterocycles. The monoisotopic (exact) mass is 719 g/mol. The number of hydrogen-bond donors (Lipinski definition) is 0. The molecular formula is C51H33N3S. The number of fused-ring (bicyclic) bond motifs is 3. The lowest BCUT2D eigenvalue weighted by atomic mass is 9.94. The Bertz CT molecular complexity index is 2870. The number of rotatable bonds is 7. The van der Waals surface area contributed by atoms with Gasteiger partial charge in [0.15, 0.2) is 5.82 Å². The zero-order valence-electron chi connectivity index (χ0n) is 29.8. The van der Waals surface area contributed by atoms with E-state index in [1.165, 1.54) is 31.7 Å². The number of aromatic nitrogens is 3. The lowest BCUT2D eigenvalue weighted by molar-refractivity contribution is 1.18. The second kappa shape index (κ2) is 14.1. The molecule has 10 aromatic rings. The fraction of sp³-hybridized carbons (Fsp3) is 0. The molecule has 258 valence electrons. The molecule has 0 bridgehead atoms. The molecule has 0 amide bonds. The van der Waals surface area contributed by atoms with Gasteiger partial charge < -0.3 is 0 Å². The molecular weight excluding hydrogens is 687 g/mol. The molecule has 10 rings (SSSR count). The van der Waals surface area contributed by atoms with E-state index < -0.39 is 0 Å². The first kappa shape index (κ1) is 32.6. The maximum atomic E-state index is 5.37.